The van der Waals surface area contributed by atoms with Gasteiger partial charge < -0.3 is 9.64 Å². The third kappa shape index (κ3) is 7.30. The number of sulfonamides is 2. The molecule has 0 unspecified atom stereocenters. The molecule has 0 aliphatic heterocycles. The van der Waals surface area contributed by atoms with Crippen LogP contribution in [0.25, 0.3) is 0 Å². The van der Waals surface area contributed by atoms with E-state index in [1.165, 1.54) is 24.3 Å². The molecule has 2 rings (SSSR count). The minimum Gasteiger partial charge on any atom is -0.494 e. The normalized spacial score (nSPS) is 12.3. The Morgan fingerprint density at radius 2 is 1.56 bits per heavy atom. The summed E-state index contributed by atoms with van der Waals surface area (Å²) in [5, 5.41) is 0. The number of ether oxygens (including phenoxy) is 1. The Hall–Kier alpha value is -1.94. The van der Waals surface area contributed by atoms with E-state index in [4.69, 9.17) is 4.74 Å². The van der Waals surface area contributed by atoms with E-state index in [2.05, 4.69) is 4.90 Å². The molecule has 0 saturated heterocycles. The lowest BCUT2D eigenvalue weighted by molar-refractivity contribution is 0.317. The van der Waals surface area contributed by atoms with Crippen LogP contribution in [0.5, 0.6) is 5.75 Å². The first-order valence-electron chi connectivity index (χ1n) is 8.36. The van der Waals surface area contributed by atoms with Crippen molar-refractivity contribution >= 4 is 20.0 Å². The van der Waals surface area contributed by atoms with Gasteiger partial charge in [0.25, 0.3) is 10.0 Å². The van der Waals surface area contributed by atoms with Crippen LogP contribution in [0.4, 0.5) is 0 Å². The SMILES string of the molecule is CN(C)Cc1ccc(OCCCS(=O)(=O)NS(=O)(=O)c2ccccc2)cc1. The van der Waals surface area contributed by atoms with E-state index in [0.717, 1.165) is 12.1 Å². The van der Waals surface area contributed by atoms with Crippen molar-refractivity contribution < 1.29 is 21.6 Å². The van der Waals surface area contributed by atoms with Crippen molar-refractivity contribution in [2.45, 2.75) is 17.9 Å². The first-order chi connectivity index (χ1) is 12.7. The maximum Gasteiger partial charge on any atom is 0.253 e. The summed E-state index contributed by atoms with van der Waals surface area (Å²) < 4.78 is 55.5. The van der Waals surface area contributed by atoms with Crippen LogP contribution in [-0.2, 0) is 26.6 Å². The van der Waals surface area contributed by atoms with E-state index in [0.29, 0.717) is 5.75 Å². The van der Waals surface area contributed by atoms with Gasteiger partial charge in [-0.3, -0.25) is 0 Å². The van der Waals surface area contributed by atoms with Crippen LogP contribution in [-0.4, -0.2) is 48.2 Å². The minimum atomic E-state index is -4.10. The highest BCUT2D eigenvalue weighted by atomic mass is 32.3. The fourth-order valence-electron chi connectivity index (χ4n) is 2.35. The summed E-state index contributed by atoms with van der Waals surface area (Å²) >= 11 is 0. The van der Waals surface area contributed by atoms with Gasteiger partial charge >= 0.3 is 0 Å². The van der Waals surface area contributed by atoms with Crippen LogP contribution in [0.2, 0.25) is 0 Å². The third-order valence-electron chi connectivity index (χ3n) is 3.54. The lowest BCUT2D eigenvalue weighted by atomic mass is 10.2. The molecule has 0 aromatic heterocycles. The van der Waals surface area contributed by atoms with Crippen molar-refractivity contribution in [2.24, 2.45) is 0 Å². The average molecular weight is 413 g/mol. The fraction of sp³-hybridized carbons (Fsp3) is 0.333. The van der Waals surface area contributed by atoms with E-state index in [1.54, 1.807) is 10.2 Å². The van der Waals surface area contributed by atoms with Gasteiger partial charge in [0.1, 0.15) is 5.75 Å². The largest absolute Gasteiger partial charge is 0.494 e. The van der Waals surface area contributed by atoms with Crippen LogP contribution in [0.1, 0.15) is 12.0 Å². The summed E-state index contributed by atoms with van der Waals surface area (Å²) in [7, 11) is -4.12. The molecule has 7 nitrogen and oxygen atoms in total. The van der Waals surface area contributed by atoms with Crippen LogP contribution >= 0.6 is 0 Å². The maximum atomic E-state index is 12.1. The molecule has 148 valence electrons. The molecule has 0 spiro atoms. The van der Waals surface area contributed by atoms with Crippen molar-refractivity contribution in [1.82, 2.24) is 9.03 Å². The van der Waals surface area contributed by atoms with Gasteiger partial charge in [0.15, 0.2) is 0 Å². The van der Waals surface area contributed by atoms with Crippen LogP contribution in [0.15, 0.2) is 59.5 Å². The molecule has 0 aliphatic rings. The van der Waals surface area contributed by atoms with Crippen LogP contribution in [0.3, 0.4) is 0 Å². The molecule has 0 saturated carbocycles. The zero-order valence-electron chi connectivity index (χ0n) is 15.3. The number of rotatable bonds is 10. The highest BCUT2D eigenvalue weighted by Crippen LogP contribution is 2.14. The van der Waals surface area contributed by atoms with Crippen LogP contribution in [0, 0.1) is 0 Å². The van der Waals surface area contributed by atoms with Gasteiger partial charge in [0.2, 0.25) is 10.0 Å². The number of hydrogen-bond acceptors (Lipinski definition) is 6. The van der Waals surface area contributed by atoms with Gasteiger partial charge in [-0.25, -0.2) is 16.8 Å². The predicted molar refractivity (Wildman–Crippen MR) is 104 cm³/mol. The van der Waals surface area contributed by atoms with E-state index in [9.17, 15) is 16.8 Å². The van der Waals surface area contributed by atoms with E-state index >= 15 is 0 Å². The van der Waals surface area contributed by atoms with Gasteiger partial charge in [-0.15, -0.1) is 4.13 Å². The Bertz CT molecular complexity index is 925. The Balaban J connectivity index is 1.82. The lowest BCUT2D eigenvalue weighted by Gasteiger charge is -2.11. The first kappa shape index (κ1) is 21.4. The summed E-state index contributed by atoms with van der Waals surface area (Å²) in [6.07, 6.45) is 0.166. The monoisotopic (exact) mass is 412 g/mol. The smallest absolute Gasteiger partial charge is 0.253 e. The van der Waals surface area contributed by atoms with Crippen molar-refractivity contribution in [3.05, 3.63) is 60.2 Å². The second-order valence-electron chi connectivity index (χ2n) is 6.30. The molecule has 0 bridgehead atoms. The molecule has 9 heteroatoms. The summed E-state index contributed by atoms with van der Waals surface area (Å²) in [6.45, 7) is 0.986. The maximum absolute atomic E-state index is 12.1. The minimum absolute atomic E-state index is 0.0948. The summed E-state index contributed by atoms with van der Waals surface area (Å²) in [5.74, 6) is 0.289. The van der Waals surface area contributed by atoms with E-state index in [1.807, 2.05) is 38.4 Å². The van der Waals surface area contributed by atoms with Crippen LogP contribution < -0.4 is 8.86 Å². The predicted octanol–water partition coefficient (Wildman–Crippen LogP) is 1.83. The average Bonchev–Trinajstić information content (AvgIpc) is 2.59. The highest BCUT2D eigenvalue weighted by molar-refractivity contribution is 8.04. The molecule has 0 atom stereocenters. The molecule has 27 heavy (non-hydrogen) atoms. The Morgan fingerprint density at radius 1 is 0.926 bits per heavy atom. The molecule has 2 aromatic rings. The molecular weight excluding hydrogens is 388 g/mol. The van der Waals surface area contributed by atoms with Gasteiger partial charge in [-0.2, -0.15) is 0 Å². The van der Waals surface area contributed by atoms with Crippen molar-refractivity contribution in [3.63, 3.8) is 0 Å². The van der Waals surface area contributed by atoms with Crippen molar-refractivity contribution in [3.8, 4) is 5.75 Å². The number of nitrogens with zero attached hydrogens (tertiary/aromatic N) is 1. The Labute approximate surface area is 161 Å². The number of benzene rings is 2. The number of hydrogen-bond donors (Lipinski definition) is 1. The van der Waals surface area contributed by atoms with Gasteiger partial charge in [-0.1, -0.05) is 30.3 Å². The van der Waals surface area contributed by atoms with Crippen molar-refractivity contribution in [2.75, 3.05) is 26.5 Å². The zero-order chi connectivity index (χ0) is 19.9. The Morgan fingerprint density at radius 3 is 2.15 bits per heavy atom. The molecular formula is C18H24N2O5S2. The molecule has 2 aromatic carbocycles. The summed E-state index contributed by atoms with van der Waals surface area (Å²) in [6, 6.07) is 14.9. The van der Waals surface area contributed by atoms with Crippen molar-refractivity contribution in [1.29, 1.82) is 0 Å². The van der Waals surface area contributed by atoms with Gasteiger partial charge in [-0.05, 0) is 50.3 Å². The quantitative estimate of drug-likeness (QED) is 0.599. The first-order valence-corrected chi connectivity index (χ1v) is 11.5. The summed E-state index contributed by atoms with van der Waals surface area (Å²) in [4.78, 5) is 1.96. The second-order valence-corrected chi connectivity index (χ2v) is 10.1. The fourth-order valence-corrected chi connectivity index (χ4v) is 5.42. The molecule has 0 fully saturated rings. The number of nitrogens with one attached hydrogen (secondary N) is 1. The molecule has 0 amide bonds. The molecule has 0 aliphatic carbocycles. The van der Waals surface area contributed by atoms with E-state index < -0.39 is 20.0 Å². The topological polar surface area (TPSA) is 92.8 Å². The van der Waals surface area contributed by atoms with Gasteiger partial charge in [0, 0.05) is 6.54 Å². The second kappa shape index (κ2) is 9.32. The highest BCUT2D eigenvalue weighted by Gasteiger charge is 2.22. The van der Waals surface area contributed by atoms with E-state index in [-0.39, 0.29) is 23.7 Å². The third-order valence-corrected chi connectivity index (χ3v) is 7.15. The summed E-state index contributed by atoms with van der Waals surface area (Å²) in [5.41, 5.74) is 1.14. The zero-order valence-corrected chi connectivity index (χ0v) is 17.0. The molecule has 1 N–H and O–H groups in total. The standard InChI is InChI=1S/C18H24N2O5S2/c1-20(2)15-16-9-11-17(12-10-16)25-13-6-14-26(21,22)19-27(23,24)18-7-4-3-5-8-18/h3-5,7-12,19H,6,13-15H2,1-2H3. The molecule has 0 radical (unpaired) electrons. The Kier molecular flexibility index (Phi) is 7.37. The lowest BCUT2D eigenvalue weighted by Crippen LogP contribution is -2.33. The molecule has 0 heterocycles. The van der Waals surface area contributed by atoms with Gasteiger partial charge in [0.05, 0.1) is 17.3 Å².